The SMILES string of the molecule is C/C=C(F)\C(=C/C)Oc1cc(C)c(-n2ncc(C(=O)c3cc4cc(C)c(N5CCCS5)cc4[nH]3)c2N)cn1.CC.CC1(C)CC1. The molecule has 2 aliphatic rings. The van der Waals surface area contributed by atoms with Crippen molar-refractivity contribution in [2.45, 2.75) is 74.7 Å². The number of nitrogen functional groups attached to an aromatic ring is 1. The summed E-state index contributed by atoms with van der Waals surface area (Å²) >= 11 is 1.83. The molecule has 240 valence electrons. The zero-order valence-corrected chi connectivity index (χ0v) is 28.4. The molecule has 3 N–H and O–H groups in total. The van der Waals surface area contributed by atoms with E-state index >= 15 is 0 Å². The largest absolute Gasteiger partial charge is 0.436 e. The fourth-order valence-electron chi connectivity index (χ4n) is 4.73. The van der Waals surface area contributed by atoms with Gasteiger partial charge in [0.25, 0.3) is 0 Å². The van der Waals surface area contributed by atoms with Crippen LogP contribution in [0, 0.1) is 19.3 Å². The Labute approximate surface area is 270 Å². The van der Waals surface area contributed by atoms with Crippen LogP contribution in [0.1, 0.15) is 88.0 Å². The minimum atomic E-state index is -0.478. The summed E-state index contributed by atoms with van der Waals surface area (Å²) in [6, 6.07) is 7.72. The molecule has 8 nitrogen and oxygen atoms in total. The molecule has 0 bridgehead atoms. The van der Waals surface area contributed by atoms with Gasteiger partial charge in [-0.2, -0.15) is 5.10 Å². The lowest BCUT2D eigenvalue weighted by atomic mass is 10.1. The number of hydrogen-bond acceptors (Lipinski definition) is 7. The van der Waals surface area contributed by atoms with Crippen LogP contribution in [0.25, 0.3) is 16.6 Å². The first kappa shape index (κ1) is 33.8. The molecule has 0 unspecified atom stereocenters. The van der Waals surface area contributed by atoms with Crippen molar-refractivity contribution in [3.63, 3.8) is 0 Å². The standard InChI is InChI=1S/C28H29FN6O2S.C5H10.C2H6/c1-5-20(29)25(6-2)37-26-11-17(4)24(15-31-26)35-28(30)19(14-32-35)27(36)22-12-18-10-16(3)23(13-21(18)33-22)34-8-7-9-38-34;1-5(2)3-4-5;1-2/h5-6,10-15,33H,7-9,30H2,1-4H3;3-4H2,1-2H3;1-2H3/b20-5+,25-6+;;. The van der Waals surface area contributed by atoms with Gasteiger partial charge in [-0.05, 0) is 106 Å². The van der Waals surface area contributed by atoms with Gasteiger partial charge in [0.1, 0.15) is 5.82 Å². The van der Waals surface area contributed by atoms with Crippen LogP contribution in [-0.2, 0) is 0 Å². The van der Waals surface area contributed by atoms with Gasteiger partial charge in [0, 0.05) is 29.3 Å². The van der Waals surface area contributed by atoms with E-state index in [1.165, 1.54) is 53.3 Å². The zero-order chi connectivity index (χ0) is 32.9. The third kappa shape index (κ3) is 7.79. The Morgan fingerprint density at radius 3 is 2.33 bits per heavy atom. The average molecular weight is 633 g/mol. The molecule has 1 saturated heterocycles. The van der Waals surface area contributed by atoms with Gasteiger partial charge in [-0.15, -0.1) is 0 Å². The number of nitrogens with one attached hydrogen (secondary N) is 1. The number of rotatable bonds is 7. The van der Waals surface area contributed by atoms with Crippen molar-refractivity contribution in [3.8, 4) is 11.6 Å². The number of carbonyl (C=O) groups excluding carboxylic acids is 1. The lowest BCUT2D eigenvalue weighted by Crippen LogP contribution is -2.10. The van der Waals surface area contributed by atoms with Crippen LogP contribution in [0.15, 0.2) is 60.4 Å². The molecule has 1 aliphatic heterocycles. The number of halogens is 1. The van der Waals surface area contributed by atoms with E-state index in [0.717, 1.165) is 40.6 Å². The van der Waals surface area contributed by atoms with Crippen LogP contribution in [-0.4, -0.2) is 37.8 Å². The number of nitrogens with two attached hydrogens (primary N) is 1. The maximum absolute atomic E-state index is 13.9. The van der Waals surface area contributed by atoms with E-state index in [-0.39, 0.29) is 28.8 Å². The number of nitrogens with zero attached hydrogens (tertiary/aromatic N) is 4. The highest BCUT2D eigenvalue weighted by molar-refractivity contribution is 8.00. The summed E-state index contributed by atoms with van der Waals surface area (Å²) in [4.78, 5) is 21.0. The smallest absolute Gasteiger partial charge is 0.219 e. The van der Waals surface area contributed by atoms with E-state index in [2.05, 4.69) is 52.3 Å². The minimum Gasteiger partial charge on any atom is -0.436 e. The van der Waals surface area contributed by atoms with Crippen molar-refractivity contribution in [1.29, 1.82) is 0 Å². The van der Waals surface area contributed by atoms with Crippen molar-refractivity contribution < 1.29 is 13.9 Å². The van der Waals surface area contributed by atoms with E-state index in [4.69, 9.17) is 10.5 Å². The van der Waals surface area contributed by atoms with Crippen molar-refractivity contribution in [1.82, 2.24) is 19.7 Å². The predicted molar refractivity (Wildman–Crippen MR) is 185 cm³/mol. The number of aryl methyl sites for hydroxylation is 2. The Morgan fingerprint density at radius 2 is 1.76 bits per heavy atom. The van der Waals surface area contributed by atoms with Gasteiger partial charge in [0.2, 0.25) is 11.7 Å². The molecule has 1 aromatic carbocycles. The fraction of sp³-hybridized carbons (Fsp3) is 0.400. The summed E-state index contributed by atoms with van der Waals surface area (Å²) in [5, 5.41) is 5.33. The number of fused-ring (bicyclic) bond motifs is 1. The van der Waals surface area contributed by atoms with Gasteiger partial charge in [-0.1, -0.05) is 27.7 Å². The number of ketones is 1. The molecule has 6 rings (SSSR count). The second kappa shape index (κ2) is 14.4. The summed E-state index contributed by atoms with van der Waals surface area (Å²) < 4.78 is 23.3. The monoisotopic (exact) mass is 632 g/mol. The molecule has 3 aromatic heterocycles. The van der Waals surface area contributed by atoms with Gasteiger partial charge in [-0.25, -0.2) is 14.1 Å². The minimum absolute atomic E-state index is 0.0819. The van der Waals surface area contributed by atoms with E-state index in [0.29, 0.717) is 11.4 Å². The Hall–Kier alpha value is -4.05. The fourth-order valence-corrected chi connectivity index (χ4v) is 5.81. The zero-order valence-electron chi connectivity index (χ0n) is 27.6. The molecule has 45 heavy (non-hydrogen) atoms. The van der Waals surface area contributed by atoms with E-state index < -0.39 is 5.83 Å². The first-order chi connectivity index (χ1) is 21.5. The number of aromatic nitrogens is 4. The normalized spacial score (nSPS) is 15.7. The molecule has 1 saturated carbocycles. The molecule has 0 spiro atoms. The number of hydrogen-bond donors (Lipinski definition) is 2. The molecule has 2 fully saturated rings. The van der Waals surface area contributed by atoms with Crippen LogP contribution in [0.2, 0.25) is 0 Å². The molecule has 1 aliphatic carbocycles. The first-order valence-electron chi connectivity index (χ1n) is 15.6. The van der Waals surface area contributed by atoms with Crippen LogP contribution < -0.4 is 14.8 Å². The van der Waals surface area contributed by atoms with Crippen LogP contribution >= 0.6 is 11.9 Å². The molecule has 10 heteroatoms. The number of pyridine rings is 1. The predicted octanol–water partition coefficient (Wildman–Crippen LogP) is 9.03. The Kier molecular flexibility index (Phi) is 10.8. The van der Waals surface area contributed by atoms with Crippen LogP contribution in [0.3, 0.4) is 0 Å². The van der Waals surface area contributed by atoms with Crippen LogP contribution in [0.4, 0.5) is 15.9 Å². The molecule has 4 heterocycles. The quantitative estimate of drug-likeness (QED) is 0.0907. The highest BCUT2D eigenvalue weighted by atomic mass is 32.2. The van der Waals surface area contributed by atoms with Gasteiger partial charge < -0.3 is 19.8 Å². The van der Waals surface area contributed by atoms with Crippen molar-refractivity contribution in [2.24, 2.45) is 5.41 Å². The lowest BCUT2D eigenvalue weighted by Gasteiger charge is -2.18. The topological polar surface area (TPSA) is 102 Å². The molecule has 4 aromatic rings. The maximum Gasteiger partial charge on any atom is 0.219 e. The molecule has 0 radical (unpaired) electrons. The number of benzene rings is 1. The number of H-pyrrole nitrogens is 1. The number of aromatic amines is 1. The second-order valence-electron chi connectivity index (χ2n) is 11.7. The lowest BCUT2D eigenvalue weighted by molar-refractivity contribution is 0.103. The summed E-state index contributed by atoms with van der Waals surface area (Å²) in [6.07, 6.45) is 9.91. The Bertz CT molecular complexity index is 1720. The average Bonchev–Trinajstić information content (AvgIpc) is 3.45. The number of carbonyl (C=O) groups is 1. The Balaban J connectivity index is 0.000000590. The summed E-state index contributed by atoms with van der Waals surface area (Å²) in [5.74, 6) is 0.910. The molecule has 0 amide bonds. The maximum atomic E-state index is 13.9. The third-order valence-corrected chi connectivity index (χ3v) is 8.92. The van der Waals surface area contributed by atoms with Crippen molar-refractivity contribution in [2.75, 3.05) is 22.3 Å². The molecular weight excluding hydrogens is 587 g/mol. The number of allylic oxidation sites excluding steroid dienone is 3. The Morgan fingerprint density at radius 1 is 1.07 bits per heavy atom. The van der Waals surface area contributed by atoms with Gasteiger partial charge >= 0.3 is 0 Å². The second-order valence-corrected chi connectivity index (χ2v) is 12.9. The van der Waals surface area contributed by atoms with Gasteiger partial charge in [0.15, 0.2) is 11.6 Å². The molecule has 0 atom stereocenters. The summed E-state index contributed by atoms with van der Waals surface area (Å²) in [6.45, 7) is 16.8. The van der Waals surface area contributed by atoms with Gasteiger partial charge in [0.05, 0.1) is 35.0 Å². The van der Waals surface area contributed by atoms with Gasteiger partial charge in [-0.3, -0.25) is 4.79 Å². The van der Waals surface area contributed by atoms with Crippen LogP contribution in [0.5, 0.6) is 5.88 Å². The third-order valence-electron chi connectivity index (χ3n) is 7.76. The summed E-state index contributed by atoms with van der Waals surface area (Å²) in [5.41, 5.74) is 12.4. The molecular formula is C35H45FN6O2S. The summed E-state index contributed by atoms with van der Waals surface area (Å²) in [7, 11) is 0. The van der Waals surface area contributed by atoms with Crippen molar-refractivity contribution >= 4 is 40.1 Å². The van der Waals surface area contributed by atoms with Crippen molar-refractivity contribution in [3.05, 3.63) is 82.8 Å². The highest BCUT2D eigenvalue weighted by Gasteiger charge is 2.30. The van der Waals surface area contributed by atoms with E-state index in [1.807, 2.05) is 38.8 Å². The number of anilines is 2. The highest BCUT2D eigenvalue weighted by Crippen LogP contribution is 2.43. The van der Waals surface area contributed by atoms with E-state index in [1.54, 1.807) is 19.9 Å². The van der Waals surface area contributed by atoms with E-state index in [9.17, 15) is 9.18 Å². The first-order valence-corrected chi connectivity index (χ1v) is 16.5. The number of ether oxygens (including phenoxy) is 1.